The molecule has 0 spiro atoms. The maximum atomic E-state index is 5.36. The van der Waals surface area contributed by atoms with Gasteiger partial charge in [0, 0.05) is 0 Å². The summed E-state index contributed by atoms with van der Waals surface area (Å²) in [7, 11) is 10.7. The lowest BCUT2D eigenvalue weighted by Gasteiger charge is -1.83. The number of hydrogen-bond donors (Lipinski definition) is 0. The van der Waals surface area contributed by atoms with E-state index in [1.807, 2.05) is 60.7 Å². The van der Waals surface area contributed by atoms with Crippen molar-refractivity contribution in [1.82, 2.24) is 0 Å². The first kappa shape index (κ1) is 25.3. The van der Waals surface area contributed by atoms with Crippen LogP contribution in [0.1, 0.15) is 0 Å². The van der Waals surface area contributed by atoms with Crippen molar-refractivity contribution in [1.29, 1.82) is 0 Å². The van der Waals surface area contributed by atoms with Crippen LogP contribution in [0.15, 0.2) is 60.7 Å². The summed E-state index contributed by atoms with van der Waals surface area (Å²) in [5, 5.41) is 0. The third-order valence-electron chi connectivity index (χ3n) is 1.60. The molecule has 0 fully saturated rings. The summed E-state index contributed by atoms with van der Waals surface area (Å²) in [5.74, 6) is 0. The van der Waals surface area contributed by atoms with Crippen LogP contribution in [0, 0.1) is 0 Å². The Morgan fingerprint density at radius 3 is 0.778 bits per heavy atom. The largest absolute Gasteiger partial charge is 0.412 e. The first-order chi connectivity index (χ1) is 6.79. The maximum Gasteiger partial charge on any atom is 0.113 e. The average Bonchev–Trinajstić information content (AvgIpc) is 2.21. The molecule has 2 aromatic rings. The monoisotopic (exact) mass is 248 g/mol. The molecule has 0 aliphatic rings. The Balaban J connectivity index is -0.0000000891. The van der Waals surface area contributed by atoms with Crippen LogP contribution in [0.3, 0.4) is 0 Å². The topological polar surface area (TPSA) is 126 Å². The summed E-state index contributed by atoms with van der Waals surface area (Å²) >= 11 is 0. The first-order valence-corrected chi connectivity index (χ1v) is 4.40. The Morgan fingerprint density at radius 2 is 0.667 bits per heavy atom. The average molecular weight is 248 g/mol. The summed E-state index contributed by atoms with van der Waals surface area (Å²) in [6.07, 6.45) is 0. The molecule has 96 valence electrons. The standard InChI is InChI=1S/2C6H5B.4H2O/c2*7-6-4-2-1-3-5-6;;;;/h2*1-5H;4*1H2. The van der Waals surface area contributed by atoms with Crippen LogP contribution < -0.4 is 10.9 Å². The van der Waals surface area contributed by atoms with Gasteiger partial charge in [0.05, 0.1) is 0 Å². The fourth-order valence-electron chi connectivity index (χ4n) is 0.906. The van der Waals surface area contributed by atoms with E-state index in [0.717, 1.165) is 10.9 Å². The molecule has 0 bridgehead atoms. The molecule has 0 aliphatic heterocycles. The fraction of sp³-hybridized carbons (Fsp3) is 0. The minimum atomic E-state index is 0. The first-order valence-electron chi connectivity index (χ1n) is 4.40. The molecule has 4 radical (unpaired) electrons. The molecule has 0 atom stereocenters. The second kappa shape index (κ2) is 15.4. The summed E-state index contributed by atoms with van der Waals surface area (Å²) in [6, 6.07) is 19.0. The van der Waals surface area contributed by atoms with E-state index in [4.69, 9.17) is 15.7 Å². The number of benzene rings is 2. The normalized spacial score (nSPS) is 6.67. The smallest absolute Gasteiger partial charge is 0.113 e. The van der Waals surface area contributed by atoms with E-state index in [0.29, 0.717) is 0 Å². The van der Waals surface area contributed by atoms with Crippen molar-refractivity contribution in [3.63, 3.8) is 0 Å². The molecular weight excluding hydrogens is 230 g/mol. The zero-order valence-corrected chi connectivity index (χ0v) is 9.93. The zero-order chi connectivity index (χ0) is 10.2. The van der Waals surface area contributed by atoms with Crippen molar-refractivity contribution >= 4 is 26.6 Å². The van der Waals surface area contributed by atoms with Gasteiger partial charge < -0.3 is 21.9 Å². The Morgan fingerprint density at radius 1 is 0.444 bits per heavy atom. The van der Waals surface area contributed by atoms with Gasteiger partial charge in [0.2, 0.25) is 0 Å². The third kappa shape index (κ3) is 12.5. The van der Waals surface area contributed by atoms with Crippen molar-refractivity contribution in [2.24, 2.45) is 0 Å². The third-order valence-corrected chi connectivity index (χ3v) is 1.60. The molecule has 0 saturated heterocycles. The van der Waals surface area contributed by atoms with Gasteiger partial charge in [-0.05, 0) is 0 Å². The van der Waals surface area contributed by atoms with E-state index >= 15 is 0 Å². The lowest BCUT2D eigenvalue weighted by atomic mass is 9.97. The van der Waals surface area contributed by atoms with Crippen molar-refractivity contribution in [3.8, 4) is 0 Å². The maximum absolute atomic E-state index is 5.36. The minimum absolute atomic E-state index is 0. The van der Waals surface area contributed by atoms with Gasteiger partial charge in [0.25, 0.3) is 0 Å². The van der Waals surface area contributed by atoms with Crippen molar-refractivity contribution < 1.29 is 21.9 Å². The molecule has 0 unspecified atom stereocenters. The Labute approximate surface area is 110 Å². The van der Waals surface area contributed by atoms with Crippen LogP contribution in [-0.2, 0) is 0 Å². The van der Waals surface area contributed by atoms with Crippen LogP contribution >= 0.6 is 0 Å². The molecule has 2 rings (SSSR count). The molecule has 0 aromatic heterocycles. The molecule has 0 saturated carbocycles. The Bertz CT molecular complexity index is 319. The summed E-state index contributed by atoms with van der Waals surface area (Å²) in [5.41, 5.74) is 1.64. The predicted octanol–water partition coefficient (Wildman–Crippen LogP) is -2.34. The van der Waals surface area contributed by atoms with Gasteiger partial charge >= 0.3 is 0 Å². The highest BCUT2D eigenvalue weighted by Gasteiger charge is 1.72. The van der Waals surface area contributed by atoms with Crippen LogP contribution in [-0.4, -0.2) is 37.6 Å². The minimum Gasteiger partial charge on any atom is -0.412 e. The molecule has 0 aliphatic carbocycles. The number of rotatable bonds is 0. The zero-order valence-electron chi connectivity index (χ0n) is 9.93. The predicted molar refractivity (Wildman–Crippen MR) is 78.1 cm³/mol. The second-order valence-corrected chi connectivity index (χ2v) is 2.82. The molecule has 6 heteroatoms. The lowest BCUT2D eigenvalue weighted by molar-refractivity contribution is 0.823. The summed E-state index contributed by atoms with van der Waals surface area (Å²) < 4.78 is 0. The van der Waals surface area contributed by atoms with E-state index in [1.54, 1.807) is 0 Å². The van der Waals surface area contributed by atoms with Crippen molar-refractivity contribution in [3.05, 3.63) is 60.7 Å². The lowest BCUT2D eigenvalue weighted by Crippen LogP contribution is -1.97. The van der Waals surface area contributed by atoms with Crippen molar-refractivity contribution in [2.45, 2.75) is 0 Å². The quantitative estimate of drug-likeness (QED) is 0.463. The Hall–Kier alpha value is -1.59. The highest BCUT2D eigenvalue weighted by Crippen LogP contribution is 1.77. The van der Waals surface area contributed by atoms with Crippen LogP contribution in [0.5, 0.6) is 0 Å². The molecule has 4 nitrogen and oxygen atoms in total. The Kier molecular flexibility index (Phi) is 21.7. The summed E-state index contributed by atoms with van der Waals surface area (Å²) in [4.78, 5) is 0. The van der Waals surface area contributed by atoms with Gasteiger partial charge in [0.1, 0.15) is 15.7 Å². The summed E-state index contributed by atoms with van der Waals surface area (Å²) in [6.45, 7) is 0. The molecule has 8 N–H and O–H groups in total. The van der Waals surface area contributed by atoms with Gasteiger partial charge in [-0.2, -0.15) is 0 Å². The molecule has 0 heterocycles. The van der Waals surface area contributed by atoms with Crippen LogP contribution in [0.2, 0.25) is 0 Å². The van der Waals surface area contributed by atoms with Crippen LogP contribution in [0.4, 0.5) is 0 Å². The molecule has 2 aromatic carbocycles. The van der Waals surface area contributed by atoms with Gasteiger partial charge in [-0.15, -0.1) is 0 Å². The highest BCUT2D eigenvalue weighted by molar-refractivity contribution is 6.32. The van der Waals surface area contributed by atoms with E-state index in [9.17, 15) is 0 Å². The van der Waals surface area contributed by atoms with Gasteiger partial charge in [-0.1, -0.05) is 71.6 Å². The van der Waals surface area contributed by atoms with E-state index < -0.39 is 0 Å². The van der Waals surface area contributed by atoms with Crippen LogP contribution in [0.25, 0.3) is 0 Å². The van der Waals surface area contributed by atoms with E-state index in [-0.39, 0.29) is 21.9 Å². The molecule has 0 amide bonds. The fourth-order valence-corrected chi connectivity index (χ4v) is 0.906. The van der Waals surface area contributed by atoms with E-state index in [2.05, 4.69) is 0 Å². The second-order valence-electron chi connectivity index (χ2n) is 2.82. The van der Waals surface area contributed by atoms with Crippen molar-refractivity contribution in [2.75, 3.05) is 0 Å². The van der Waals surface area contributed by atoms with Gasteiger partial charge in [0.15, 0.2) is 0 Å². The van der Waals surface area contributed by atoms with E-state index in [1.165, 1.54) is 0 Å². The number of hydrogen-bond acceptors (Lipinski definition) is 0. The van der Waals surface area contributed by atoms with Gasteiger partial charge in [-0.3, -0.25) is 0 Å². The highest BCUT2D eigenvalue weighted by atomic mass is 16.0. The molecule has 18 heavy (non-hydrogen) atoms. The SMILES string of the molecule is O.O.O.O.[B]c1ccccc1.[B]c1ccccc1. The molecular formula is C12H18B2O4. The van der Waals surface area contributed by atoms with Gasteiger partial charge in [-0.25, -0.2) is 0 Å².